The highest BCUT2D eigenvalue weighted by Crippen LogP contribution is 2.26. The van der Waals surface area contributed by atoms with Gasteiger partial charge in [0.1, 0.15) is 0 Å². The number of hydrogen-bond acceptors (Lipinski definition) is 0. The zero-order valence-electron chi connectivity index (χ0n) is 8.57. The second-order valence-electron chi connectivity index (χ2n) is 3.82. The van der Waals surface area contributed by atoms with Crippen molar-refractivity contribution in [3.05, 3.63) is 54.6 Å². The molecule has 0 saturated heterocycles. The third-order valence-electron chi connectivity index (χ3n) is 2.85. The minimum absolute atomic E-state index is 0.327. The SMILES string of the molecule is ClPc1cccc2cc3ccccc3cc12. The highest BCUT2D eigenvalue weighted by molar-refractivity contribution is 7.75. The molecular formula is C14H10ClP. The molecular weight excluding hydrogens is 235 g/mol. The quantitative estimate of drug-likeness (QED) is 0.438. The monoisotopic (exact) mass is 244 g/mol. The van der Waals surface area contributed by atoms with Crippen LogP contribution in [-0.2, 0) is 0 Å². The van der Waals surface area contributed by atoms with E-state index < -0.39 is 0 Å². The summed E-state index contributed by atoms with van der Waals surface area (Å²) in [6.07, 6.45) is 0. The summed E-state index contributed by atoms with van der Waals surface area (Å²) in [4.78, 5) is 0. The van der Waals surface area contributed by atoms with Gasteiger partial charge in [-0.3, -0.25) is 0 Å². The fourth-order valence-electron chi connectivity index (χ4n) is 2.05. The van der Waals surface area contributed by atoms with E-state index in [1.54, 1.807) is 0 Å². The Morgan fingerprint density at radius 3 is 2.19 bits per heavy atom. The lowest BCUT2D eigenvalue weighted by Crippen LogP contribution is -1.93. The second-order valence-corrected chi connectivity index (χ2v) is 5.12. The maximum Gasteiger partial charge on any atom is 0.00723 e. The van der Waals surface area contributed by atoms with Crippen LogP contribution in [0.1, 0.15) is 0 Å². The standard InChI is InChI=1S/C14H10ClP/c15-16-14-7-3-6-12-8-10-4-1-2-5-11(10)9-13(12)14/h1-9,16H. The summed E-state index contributed by atoms with van der Waals surface area (Å²) in [7, 11) is 0.327. The molecule has 0 spiro atoms. The van der Waals surface area contributed by atoms with E-state index in [1.165, 1.54) is 26.8 Å². The molecule has 0 bridgehead atoms. The van der Waals surface area contributed by atoms with E-state index in [-0.39, 0.29) is 0 Å². The Balaban J connectivity index is 2.46. The first-order valence-electron chi connectivity index (χ1n) is 5.17. The molecule has 3 aromatic rings. The minimum Gasteiger partial charge on any atom is -0.0948 e. The van der Waals surface area contributed by atoms with Crippen LogP contribution in [0.25, 0.3) is 21.5 Å². The van der Waals surface area contributed by atoms with E-state index in [1.807, 2.05) is 0 Å². The lowest BCUT2D eigenvalue weighted by molar-refractivity contribution is 1.79. The highest BCUT2D eigenvalue weighted by atomic mass is 35.7. The van der Waals surface area contributed by atoms with Crippen LogP contribution in [0.3, 0.4) is 0 Å². The summed E-state index contributed by atoms with van der Waals surface area (Å²) in [5.41, 5.74) is 0. The van der Waals surface area contributed by atoms with Crippen molar-refractivity contribution in [1.82, 2.24) is 0 Å². The van der Waals surface area contributed by atoms with Gasteiger partial charge in [-0.25, -0.2) is 0 Å². The summed E-state index contributed by atoms with van der Waals surface area (Å²) < 4.78 is 0. The van der Waals surface area contributed by atoms with Gasteiger partial charge in [-0.15, -0.1) is 0 Å². The van der Waals surface area contributed by atoms with E-state index in [4.69, 9.17) is 11.2 Å². The molecule has 0 saturated carbocycles. The largest absolute Gasteiger partial charge is 0.0948 e. The van der Waals surface area contributed by atoms with Crippen molar-refractivity contribution in [3.8, 4) is 0 Å². The Labute approximate surface area is 101 Å². The van der Waals surface area contributed by atoms with Gasteiger partial charge in [0.05, 0.1) is 0 Å². The summed E-state index contributed by atoms with van der Waals surface area (Å²) in [5, 5.41) is 6.33. The van der Waals surface area contributed by atoms with Crippen molar-refractivity contribution in [2.75, 3.05) is 0 Å². The van der Waals surface area contributed by atoms with E-state index >= 15 is 0 Å². The molecule has 0 nitrogen and oxygen atoms in total. The van der Waals surface area contributed by atoms with Crippen LogP contribution in [0.15, 0.2) is 54.6 Å². The van der Waals surface area contributed by atoms with Crippen LogP contribution in [-0.4, -0.2) is 0 Å². The first-order chi connectivity index (χ1) is 7.88. The molecule has 78 valence electrons. The van der Waals surface area contributed by atoms with Crippen molar-refractivity contribution in [1.29, 1.82) is 0 Å². The highest BCUT2D eigenvalue weighted by Gasteiger charge is 2.01. The maximum absolute atomic E-state index is 5.98. The maximum atomic E-state index is 5.98. The normalized spacial score (nSPS) is 11.8. The molecule has 0 aromatic heterocycles. The van der Waals surface area contributed by atoms with Crippen molar-refractivity contribution in [2.45, 2.75) is 0 Å². The summed E-state index contributed by atoms with van der Waals surface area (Å²) in [5.74, 6) is 0. The van der Waals surface area contributed by atoms with Gasteiger partial charge in [0.25, 0.3) is 0 Å². The molecule has 3 rings (SSSR count). The number of hydrogen-bond donors (Lipinski definition) is 0. The van der Waals surface area contributed by atoms with Gasteiger partial charge in [0.15, 0.2) is 0 Å². The lowest BCUT2D eigenvalue weighted by atomic mass is 10.0. The Kier molecular flexibility index (Phi) is 2.55. The molecule has 1 atom stereocenters. The van der Waals surface area contributed by atoms with Crippen LogP contribution in [0, 0.1) is 0 Å². The minimum atomic E-state index is 0.327. The molecule has 0 aliphatic heterocycles. The molecule has 0 heterocycles. The molecule has 1 unspecified atom stereocenters. The van der Waals surface area contributed by atoms with E-state index in [0.29, 0.717) is 7.93 Å². The molecule has 0 radical (unpaired) electrons. The lowest BCUT2D eigenvalue weighted by Gasteiger charge is -2.05. The molecule has 0 aliphatic carbocycles. The molecule has 16 heavy (non-hydrogen) atoms. The van der Waals surface area contributed by atoms with Crippen LogP contribution in [0.5, 0.6) is 0 Å². The van der Waals surface area contributed by atoms with Gasteiger partial charge < -0.3 is 0 Å². The van der Waals surface area contributed by atoms with Crippen LogP contribution < -0.4 is 5.30 Å². The molecule has 0 amide bonds. The van der Waals surface area contributed by atoms with E-state index in [0.717, 1.165) is 0 Å². The van der Waals surface area contributed by atoms with Gasteiger partial charge >= 0.3 is 0 Å². The topological polar surface area (TPSA) is 0 Å². The average Bonchev–Trinajstić information content (AvgIpc) is 2.35. The fraction of sp³-hybridized carbons (Fsp3) is 0. The van der Waals surface area contributed by atoms with Crippen molar-refractivity contribution in [3.63, 3.8) is 0 Å². The zero-order chi connectivity index (χ0) is 11.0. The van der Waals surface area contributed by atoms with Gasteiger partial charge in [0.2, 0.25) is 0 Å². The fourth-order valence-corrected chi connectivity index (χ4v) is 3.02. The van der Waals surface area contributed by atoms with Crippen molar-refractivity contribution in [2.24, 2.45) is 0 Å². The third-order valence-corrected chi connectivity index (χ3v) is 4.10. The Morgan fingerprint density at radius 2 is 1.44 bits per heavy atom. The van der Waals surface area contributed by atoms with Crippen LogP contribution >= 0.6 is 19.2 Å². The summed E-state index contributed by atoms with van der Waals surface area (Å²) >= 11 is 5.98. The number of fused-ring (bicyclic) bond motifs is 2. The molecule has 2 heteroatoms. The molecule has 0 fully saturated rings. The van der Waals surface area contributed by atoms with Crippen LogP contribution in [0.4, 0.5) is 0 Å². The van der Waals surface area contributed by atoms with Gasteiger partial charge in [-0.2, -0.15) is 0 Å². The average molecular weight is 245 g/mol. The smallest absolute Gasteiger partial charge is 0.00723 e. The first kappa shape index (κ1) is 10.1. The number of halogens is 1. The van der Waals surface area contributed by atoms with Gasteiger partial charge in [-0.1, -0.05) is 53.7 Å². The van der Waals surface area contributed by atoms with Gasteiger partial charge in [0, 0.05) is 7.93 Å². The second kappa shape index (κ2) is 4.05. The van der Waals surface area contributed by atoms with Crippen molar-refractivity contribution >= 4 is 46.0 Å². The van der Waals surface area contributed by atoms with Crippen LogP contribution in [0.2, 0.25) is 0 Å². The Bertz CT molecular complexity index is 661. The first-order valence-corrected chi connectivity index (χ1v) is 7.18. The molecule has 0 aliphatic rings. The molecule has 0 N–H and O–H groups in total. The van der Waals surface area contributed by atoms with E-state index in [2.05, 4.69) is 54.6 Å². The number of benzene rings is 3. The third kappa shape index (κ3) is 1.59. The Morgan fingerprint density at radius 1 is 0.750 bits per heavy atom. The Hall–Kier alpha value is -1.10. The predicted molar refractivity (Wildman–Crippen MR) is 75.3 cm³/mol. The zero-order valence-corrected chi connectivity index (χ0v) is 10.3. The predicted octanol–water partition coefficient (Wildman–Crippen LogP) is 4.45. The summed E-state index contributed by atoms with van der Waals surface area (Å²) in [6, 6.07) is 19.2. The van der Waals surface area contributed by atoms with Gasteiger partial charge in [-0.05, 0) is 39.0 Å². The summed E-state index contributed by atoms with van der Waals surface area (Å²) in [6.45, 7) is 0. The molecule has 3 aromatic carbocycles. The van der Waals surface area contributed by atoms with E-state index in [9.17, 15) is 0 Å². The number of rotatable bonds is 1. The van der Waals surface area contributed by atoms with Crippen molar-refractivity contribution < 1.29 is 0 Å².